The number of nitrogens with one attached hydrogen (secondary N) is 1. The summed E-state index contributed by atoms with van der Waals surface area (Å²) in [6, 6.07) is 15.9. The van der Waals surface area contributed by atoms with Crippen molar-refractivity contribution in [2.75, 3.05) is 40.5 Å². The van der Waals surface area contributed by atoms with Crippen molar-refractivity contribution < 1.29 is 19.1 Å². The number of aromatic nitrogens is 1. The topological polar surface area (TPSA) is 74.9 Å². The van der Waals surface area contributed by atoms with E-state index in [-0.39, 0.29) is 18.4 Å². The van der Waals surface area contributed by atoms with Gasteiger partial charge in [0.2, 0.25) is 11.8 Å². The number of carbonyl (C=O) groups excluding carboxylic acids is 2. The number of methoxy groups -OCH3 is 2. The van der Waals surface area contributed by atoms with Crippen molar-refractivity contribution in [1.82, 2.24) is 14.8 Å². The molecule has 0 atom stereocenters. The zero-order valence-electron chi connectivity index (χ0n) is 21.8. The molecule has 1 N–H and O–H groups in total. The summed E-state index contributed by atoms with van der Waals surface area (Å²) >= 11 is 0. The number of amides is 2. The van der Waals surface area contributed by atoms with Gasteiger partial charge in [0.25, 0.3) is 0 Å². The Morgan fingerprint density at radius 2 is 1.69 bits per heavy atom. The summed E-state index contributed by atoms with van der Waals surface area (Å²) in [5.41, 5.74) is 3.27. The number of aromatic amines is 1. The van der Waals surface area contributed by atoms with Gasteiger partial charge in [-0.15, -0.1) is 0 Å². The molecule has 0 radical (unpaired) electrons. The van der Waals surface area contributed by atoms with E-state index in [9.17, 15) is 9.59 Å². The summed E-state index contributed by atoms with van der Waals surface area (Å²) in [7, 11) is 3.25. The Morgan fingerprint density at radius 1 is 0.917 bits per heavy atom. The van der Waals surface area contributed by atoms with E-state index >= 15 is 0 Å². The Hall–Kier alpha value is -3.32. The lowest BCUT2D eigenvalue weighted by Gasteiger charge is -2.28. The van der Waals surface area contributed by atoms with Gasteiger partial charge in [-0.05, 0) is 42.2 Å². The average molecular weight is 494 g/mol. The van der Waals surface area contributed by atoms with Gasteiger partial charge in [0.15, 0.2) is 0 Å². The number of fused-ring (bicyclic) bond motifs is 1. The Morgan fingerprint density at radius 3 is 2.42 bits per heavy atom. The molecule has 3 aromatic rings. The van der Waals surface area contributed by atoms with E-state index in [0.29, 0.717) is 39.1 Å². The van der Waals surface area contributed by atoms with Crippen LogP contribution < -0.4 is 4.74 Å². The minimum atomic E-state index is -0.0643. The van der Waals surface area contributed by atoms with Gasteiger partial charge in [-0.25, -0.2) is 0 Å². The van der Waals surface area contributed by atoms with Crippen molar-refractivity contribution in [3.63, 3.8) is 0 Å². The second-order valence-electron chi connectivity index (χ2n) is 9.04. The molecule has 0 bridgehead atoms. The predicted molar refractivity (Wildman–Crippen MR) is 143 cm³/mol. The fraction of sp³-hybridized carbons (Fsp3) is 0.448. The minimum absolute atomic E-state index is 0.00914. The number of rotatable bonds is 15. The van der Waals surface area contributed by atoms with E-state index in [2.05, 4.69) is 24.0 Å². The Balaban J connectivity index is 1.75. The molecular formula is C29H39N3O4. The van der Waals surface area contributed by atoms with Crippen LogP contribution in [-0.2, 0) is 27.3 Å². The lowest BCUT2D eigenvalue weighted by Crippen LogP contribution is -2.44. The SMILES string of the molecule is CCCCCC(=O)N(CCOC)CC(=O)N(CCc1c[nH]c2ccccc12)Cc1ccc(OC)cc1. The average Bonchev–Trinajstić information content (AvgIpc) is 3.32. The summed E-state index contributed by atoms with van der Waals surface area (Å²) in [6.07, 6.45) is 6.08. The molecule has 1 aromatic heterocycles. The van der Waals surface area contributed by atoms with Crippen molar-refractivity contribution in [2.24, 2.45) is 0 Å². The van der Waals surface area contributed by atoms with Crippen molar-refractivity contribution in [3.8, 4) is 5.75 Å². The monoisotopic (exact) mass is 493 g/mol. The van der Waals surface area contributed by atoms with Gasteiger partial charge in [0.05, 0.1) is 20.3 Å². The molecule has 0 aliphatic carbocycles. The molecule has 7 heteroatoms. The lowest BCUT2D eigenvalue weighted by atomic mass is 10.1. The van der Waals surface area contributed by atoms with E-state index in [1.165, 1.54) is 10.9 Å². The molecular weight excluding hydrogens is 454 g/mol. The van der Waals surface area contributed by atoms with E-state index in [0.717, 1.165) is 36.1 Å². The predicted octanol–water partition coefficient (Wildman–Crippen LogP) is 4.80. The van der Waals surface area contributed by atoms with Crippen molar-refractivity contribution in [1.29, 1.82) is 0 Å². The second-order valence-corrected chi connectivity index (χ2v) is 9.04. The largest absolute Gasteiger partial charge is 0.497 e. The van der Waals surface area contributed by atoms with Crippen LogP contribution in [0.25, 0.3) is 10.9 Å². The first-order valence-corrected chi connectivity index (χ1v) is 12.8. The number of unbranched alkanes of at least 4 members (excludes halogenated alkanes) is 2. The molecule has 194 valence electrons. The van der Waals surface area contributed by atoms with Crippen LogP contribution in [-0.4, -0.2) is 67.1 Å². The highest BCUT2D eigenvalue weighted by molar-refractivity contribution is 5.85. The molecule has 0 spiro atoms. The smallest absolute Gasteiger partial charge is 0.242 e. The zero-order valence-corrected chi connectivity index (χ0v) is 21.8. The third-order valence-corrected chi connectivity index (χ3v) is 6.45. The molecule has 0 aliphatic rings. The summed E-state index contributed by atoms with van der Waals surface area (Å²) in [4.78, 5) is 33.3. The van der Waals surface area contributed by atoms with Crippen molar-refractivity contribution in [3.05, 3.63) is 65.9 Å². The van der Waals surface area contributed by atoms with Gasteiger partial charge < -0.3 is 24.3 Å². The molecule has 0 unspecified atom stereocenters. The van der Waals surface area contributed by atoms with Crippen LogP contribution in [0.1, 0.15) is 43.7 Å². The number of hydrogen-bond acceptors (Lipinski definition) is 4. The van der Waals surface area contributed by atoms with Gasteiger partial charge in [0.1, 0.15) is 5.75 Å². The van der Waals surface area contributed by atoms with Gasteiger partial charge in [-0.1, -0.05) is 50.1 Å². The van der Waals surface area contributed by atoms with E-state index < -0.39 is 0 Å². The highest BCUT2D eigenvalue weighted by Crippen LogP contribution is 2.19. The molecule has 36 heavy (non-hydrogen) atoms. The number of H-pyrrole nitrogens is 1. The second kappa shape index (κ2) is 14.3. The molecule has 7 nitrogen and oxygen atoms in total. The molecule has 0 fully saturated rings. The van der Waals surface area contributed by atoms with Crippen LogP contribution in [0, 0.1) is 0 Å². The van der Waals surface area contributed by atoms with Crippen molar-refractivity contribution in [2.45, 2.75) is 45.6 Å². The van der Waals surface area contributed by atoms with E-state index in [1.807, 2.05) is 47.5 Å². The number of hydrogen-bond donors (Lipinski definition) is 1. The quantitative estimate of drug-likeness (QED) is 0.309. The third-order valence-electron chi connectivity index (χ3n) is 6.45. The first kappa shape index (κ1) is 27.3. The molecule has 2 amide bonds. The molecule has 1 heterocycles. The van der Waals surface area contributed by atoms with Gasteiger partial charge >= 0.3 is 0 Å². The summed E-state index contributed by atoms with van der Waals surface area (Å²) in [6.45, 7) is 3.99. The van der Waals surface area contributed by atoms with Crippen molar-refractivity contribution >= 4 is 22.7 Å². The summed E-state index contributed by atoms with van der Waals surface area (Å²) < 4.78 is 10.5. The Kier molecular flexibility index (Phi) is 10.8. The Bertz CT molecular complexity index is 1090. The molecule has 0 saturated heterocycles. The van der Waals surface area contributed by atoms with Gasteiger partial charge in [-0.3, -0.25) is 9.59 Å². The first-order valence-electron chi connectivity index (χ1n) is 12.8. The van der Waals surface area contributed by atoms with Gasteiger partial charge in [-0.2, -0.15) is 0 Å². The van der Waals surface area contributed by atoms with Crippen LogP contribution in [0.5, 0.6) is 5.75 Å². The first-order chi connectivity index (χ1) is 17.5. The third kappa shape index (κ3) is 7.85. The normalized spacial score (nSPS) is 11.0. The molecule has 2 aromatic carbocycles. The van der Waals surface area contributed by atoms with Crippen LogP contribution in [0.2, 0.25) is 0 Å². The highest BCUT2D eigenvalue weighted by atomic mass is 16.5. The molecule has 0 saturated carbocycles. The molecule has 0 aliphatic heterocycles. The van der Waals surface area contributed by atoms with Crippen LogP contribution in [0.15, 0.2) is 54.7 Å². The zero-order chi connectivity index (χ0) is 25.8. The molecule has 3 rings (SSSR count). The lowest BCUT2D eigenvalue weighted by molar-refractivity contribution is -0.141. The standard InChI is InChI=1S/C29H39N3O4/c1-4-5-6-11-28(33)32(18-19-35-2)22-29(34)31(21-23-12-14-25(36-3)15-13-23)17-16-24-20-30-27-10-8-7-9-26(24)27/h7-10,12-15,20,30H,4-6,11,16-19,21-22H2,1-3H3. The maximum absolute atomic E-state index is 13.6. The maximum Gasteiger partial charge on any atom is 0.242 e. The minimum Gasteiger partial charge on any atom is -0.497 e. The number of para-hydroxylation sites is 1. The van der Waals surface area contributed by atoms with Gasteiger partial charge in [0, 0.05) is 50.3 Å². The Labute approximate surface area is 214 Å². The van der Waals surface area contributed by atoms with E-state index in [1.54, 1.807) is 19.1 Å². The van der Waals surface area contributed by atoms with Crippen LogP contribution >= 0.6 is 0 Å². The maximum atomic E-state index is 13.6. The fourth-order valence-electron chi connectivity index (χ4n) is 4.28. The van der Waals surface area contributed by atoms with Crippen LogP contribution in [0.3, 0.4) is 0 Å². The van der Waals surface area contributed by atoms with E-state index in [4.69, 9.17) is 9.47 Å². The fourth-order valence-corrected chi connectivity index (χ4v) is 4.28. The number of benzene rings is 2. The number of nitrogens with zero attached hydrogens (tertiary/aromatic N) is 2. The number of carbonyl (C=O) groups is 2. The highest BCUT2D eigenvalue weighted by Gasteiger charge is 2.22. The summed E-state index contributed by atoms with van der Waals surface area (Å²) in [5.74, 6) is 0.722. The van der Waals surface area contributed by atoms with Crippen LogP contribution in [0.4, 0.5) is 0 Å². The summed E-state index contributed by atoms with van der Waals surface area (Å²) in [5, 5.41) is 1.17. The number of ether oxygens (including phenoxy) is 2.